The number of anilines is 1. The molecule has 3 aromatic heterocycles. The molecule has 0 radical (unpaired) electrons. The van der Waals surface area contributed by atoms with Gasteiger partial charge in [-0.05, 0) is 49.4 Å². The zero-order chi connectivity index (χ0) is 36.9. The van der Waals surface area contributed by atoms with Crippen LogP contribution >= 0.6 is 0 Å². The molecule has 0 aliphatic carbocycles. The molecular weight excluding hydrogens is 686 g/mol. The monoisotopic (exact) mass is 721 g/mol. The molecule has 1 amide bonds. The summed E-state index contributed by atoms with van der Waals surface area (Å²) in [6.45, 7) is 1.65. The second-order valence-corrected chi connectivity index (χ2v) is 13.9. The fourth-order valence-corrected chi connectivity index (χ4v) is 8.10. The lowest BCUT2D eigenvalue weighted by Gasteiger charge is -2.31. The molecule has 0 unspecified atom stereocenters. The van der Waals surface area contributed by atoms with Crippen LogP contribution in [0.4, 0.5) is 23.4 Å². The molecule has 8 rings (SSSR count). The Balaban J connectivity index is 1.17. The van der Waals surface area contributed by atoms with Gasteiger partial charge in [0.05, 0.1) is 22.2 Å². The van der Waals surface area contributed by atoms with Crippen molar-refractivity contribution < 1.29 is 27.1 Å². The molecule has 3 aliphatic heterocycles. The number of rotatable bonds is 8. The van der Waals surface area contributed by atoms with Gasteiger partial charge in [-0.3, -0.25) is 19.7 Å². The zero-order valence-electron chi connectivity index (χ0n) is 28.9. The van der Waals surface area contributed by atoms with Crippen LogP contribution in [0, 0.1) is 24.0 Å². The number of halogens is 4. The summed E-state index contributed by atoms with van der Waals surface area (Å²) in [7, 11) is 1.75. The van der Waals surface area contributed by atoms with Crippen molar-refractivity contribution in [1.29, 1.82) is 0 Å². The van der Waals surface area contributed by atoms with Crippen LogP contribution in [0.1, 0.15) is 36.9 Å². The number of likely N-dealkylation sites (tertiary alicyclic amines) is 1. The molecule has 5 aromatic rings. The fourth-order valence-electron chi connectivity index (χ4n) is 8.10. The highest BCUT2D eigenvalue weighted by atomic mass is 19.1. The molecule has 3 aliphatic rings. The van der Waals surface area contributed by atoms with Crippen LogP contribution in [0.2, 0.25) is 0 Å². The van der Waals surface area contributed by atoms with Crippen LogP contribution in [0.15, 0.2) is 66.8 Å². The van der Waals surface area contributed by atoms with Gasteiger partial charge in [0.1, 0.15) is 35.6 Å². The van der Waals surface area contributed by atoms with Gasteiger partial charge < -0.3 is 14.5 Å². The van der Waals surface area contributed by atoms with Crippen molar-refractivity contribution in [2.24, 2.45) is 0 Å². The van der Waals surface area contributed by atoms with E-state index in [1.165, 1.54) is 23.4 Å². The third-order valence-electron chi connectivity index (χ3n) is 10.8. The van der Waals surface area contributed by atoms with Crippen LogP contribution in [-0.2, 0) is 4.79 Å². The van der Waals surface area contributed by atoms with Crippen molar-refractivity contribution >= 4 is 39.5 Å². The zero-order valence-corrected chi connectivity index (χ0v) is 28.9. The first-order valence-corrected chi connectivity index (χ1v) is 17.5. The predicted molar refractivity (Wildman–Crippen MR) is 193 cm³/mol. The summed E-state index contributed by atoms with van der Waals surface area (Å²) in [4.78, 5) is 36.2. The summed E-state index contributed by atoms with van der Waals surface area (Å²) in [6.07, 6.45) is 11.3. The number of likely N-dealkylation sites (N-methyl/N-ethyl adjacent to an activating group) is 1. The minimum absolute atomic E-state index is 0.0127. The second-order valence-electron chi connectivity index (χ2n) is 13.9. The molecule has 270 valence electrons. The number of benzene rings is 2. The van der Waals surface area contributed by atoms with Crippen molar-refractivity contribution in [2.75, 3.05) is 44.7 Å². The molecule has 53 heavy (non-hydrogen) atoms. The molecule has 0 bridgehead atoms. The van der Waals surface area contributed by atoms with Gasteiger partial charge in [0.2, 0.25) is 0 Å². The van der Waals surface area contributed by atoms with E-state index in [0.29, 0.717) is 35.9 Å². The van der Waals surface area contributed by atoms with E-state index in [-0.39, 0.29) is 65.3 Å². The first-order chi connectivity index (χ1) is 25.7. The summed E-state index contributed by atoms with van der Waals surface area (Å²) in [5, 5.41) is 1.21. The number of nitrogens with zero attached hydrogens (tertiary/aromatic N) is 7. The summed E-state index contributed by atoms with van der Waals surface area (Å²) in [5.74, 6) is -0.418. The number of ether oxygens (including phenoxy) is 1. The molecule has 3 atom stereocenters. The minimum Gasteiger partial charge on any atom is -0.461 e. The van der Waals surface area contributed by atoms with Crippen molar-refractivity contribution in [1.82, 2.24) is 29.7 Å². The minimum atomic E-state index is -0.973. The molecular formula is C40H35F4N7O2. The number of pyridine rings is 2. The van der Waals surface area contributed by atoms with Gasteiger partial charge in [0.15, 0.2) is 11.6 Å². The Morgan fingerprint density at radius 1 is 1.11 bits per heavy atom. The lowest BCUT2D eigenvalue weighted by atomic mass is 9.95. The molecule has 2 aromatic carbocycles. The average Bonchev–Trinajstić information content (AvgIpc) is 3.89. The molecule has 13 heteroatoms. The molecule has 6 heterocycles. The van der Waals surface area contributed by atoms with Gasteiger partial charge in [-0.2, -0.15) is 9.97 Å². The highest BCUT2D eigenvalue weighted by molar-refractivity contribution is 6.02. The first kappa shape index (κ1) is 34.5. The summed E-state index contributed by atoms with van der Waals surface area (Å²) >= 11 is 0. The van der Waals surface area contributed by atoms with E-state index < -0.39 is 35.1 Å². The van der Waals surface area contributed by atoms with E-state index in [0.717, 1.165) is 25.5 Å². The maximum atomic E-state index is 16.9. The smallest absolute Gasteiger partial charge is 0.319 e. The van der Waals surface area contributed by atoms with Gasteiger partial charge in [-0.1, -0.05) is 36.3 Å². The SMILES string of the molecule is C#Cc1c(F)ccc2cccc(-c3ncc4c(N(C)[C@@H]5CCN(C(=O)/C(F)=C/c6ccccn6)C5)nc(OC[C@@]56CCCN5C[C@H](F)C6)nc4c3F)c12. The van der Waals surface area contributed by atoms with Crippen molar-refractivity contribution in [3.05, 3.63) is 89.6 Å². The molecule has 3 saturated heterocycles. The van der Waals surface area contributed by atoms with Crippen molar-refractivity contribution in [3.8, 4) is 29.6 Å². The normalized spacial score (nSPS) is 21.7. The van der Waals surface area contributed by atoms with E-state index in [4.69, 9.17) is 16.1 Å². The number of carbonyl (C=O) groups excluding carboxylic acids is 1. The van der Waals surface area contributed by atoms with E-state index in [1.54, 1.807) is 54.4 Å². The van der Waals surface area contributed by atoms with Crippen molar-refractivity contribution in [2.45, 2.75) is 43.4 Å². The van der Waals surface area contributed by atoms with Gasteiger partial charge in [-0.25, -0.2) is 17.6 Å². The topological polar surface area (TPSA) is 87.6 Å². The van der Waals surface area contributed by atoms with E-state index >= 15 is 8.78 Å². The Morgan fingerprint density at radius 3 is 2.79 bits per heavy atom. The summed E-state index contributed by atoms with van der Waals surface area (Å²) < 4.78 is 67.6. The van der Waals surface area contributed by atoms with Crippen LogP contribution in [0.5, 0.6) is 6.01 Å². The number of fused-ring (bicyclic) bond motifs is 3. The largest absolute Gasteiger partial charge is 0.461 e. The van der Waals surface area contributed by atoms with Crippen molar-refractivity contribution in [3.63, 3.8) is 0 Å². The van der Waals surface area contributed by atoms with Crippen LogP contribution in [-0.4, -0.2) is 93.2 Å². The maximum absolute atomic E-state index is 16.9. The number of alkyl halides is 1. The lowest BCUT2D eigenvalue weighted by molar-refractivity contribution is -0.127. The predicted octanol–water partition coefficient (Wildman–Crippen LogP) is 6.50. The number of hydrogen-bond donors (Lipinski definition) is 0. The van der Waals surface area contributed by atoms with E-state index in [1.807, 2.05) is 0 Å². The van der Waals surface area contributed by atoms with Crippen LogP contribution < -0.4 is 9.64 Å². The van der Waals surface area contributed by atoms with Crippen LogP contribution in [0.25, 0.3) is 39.0 Å². The highest BCUT2D eigenvalue weighted by Crippen LogP contribution is 2.41. The van der Waals surface area contributed by atoms with Gasteiger partial charge in [-0.15, -0.1) is 6.42 Å². The molecule has 9 nitrogen and oxygen atoms in total. The van der Waals surface area contributed by atoms with Gasteiger partial charge in [0, 0.05) is 68.6 Å². The quantitative estimate of drug-likeness (QED) is 0.102. The average molecular weight is 722 g/mol. The third-order valence-corrected chi connectivity index (χ3v) is 10.8. The van der Waals surface area contributed by atoms with Crippen LogP contribution in [0.3, 0.4) is 0 Å². The Morgan fingerprint density at radius 2 is 1.98 bits per heavy atom. The molecule has 3 fully saturated rings. The fraction of sp³-hybridized carbons (Fsp3) is 0.325. The maximum Gasteiger partial charge on any atom is 0.319 e. The van der Waals surface area contributed by atoms with E-state index in [2.05, 4.69) is 25.8 Å². The second kappa shape index (κ2) is 13.7. The number of aromatic nitrogens is 4. The first-order valence-electron chi connectivity index (χ1n) is 17.5. The lowest BCUT2D eigenvalue weighted by Crippen LogP contribution is -2.43. The Bertz CT molecular complexity index is 2320. The molecule has 0 N–H and O–H groups in total. The number of terminal acetylenes is 1. The molecule has 0 spiro atoms. The summed E-state index contributed by atoms with van der Waals surface area (Å²) in [5.41, 5.74) is -0.0954. The standard InChI is InChI=1S/C40H35F4N7O2/c1-3-28-31(42)12-11-24-8-6-10-29(33(24)28)35-34(44)36-30(20-46-35)37(48-39(47-36)53-23-40-14-7-16-51(40)21-25(41)19-40)49(2)27-13-17-50(22-27)38(52)32(43)18-26-9-4-5-15-45-26/h1,4-6,8-12,15,18,20,25,27H,7,13-14,16-17,19,21-23H2,2H3/b32-18-/t25-,27-,40+/m1/s1. The van der Waals surface area contributed by atoms with Gasteiger partial charge in [0.25, 0.3) is 5.91 Å². The number of hydrogen-bond acceptors (Lipinski definition) is 8. The van der Waals surface area contributed by atoms with E-state index in [9.17, 15) is 13.6 Å². The third kappa shape index (κ3) is 6.20. The van der Waals surface area contributed by atoms with Gasteiger partial charge >= 0.3 is 6.01 Å². The Kier molecular flexibility index (Phi) is 8.94. The number of amides is 1. The molecule has 0 saturated carbocycles. The Hall–Kier alpha value is -5.61. The highest BCUT2D eigenvalue weighted by Gasteiger charge is 2.49. The summed E-state index contributed by atoms with van der Waals surface area (Å²) in [6, 6.07) is 12.5. The number of carbonyl (C=O) groups is 1. The Labute approximate surface area is 303 Å².